The fourth-order valence-corrected chi connectivity index (χ4v) is 4.92. The van der Waals surface area contributed by atoms with Gasteiger partial charge in [-0.1, -0.05) is 50.2 Å². The average molecular weight is 731 g/mol. The Balaban J connectivity index is 0.000000204. The molecule has 6 rings (SSSR count). The van der Waals surface area contributed by atoms with Gasteiger partial charge in [0.1, 0.15) is 23.3 Å². The van der Waals surface area contributed by atoms with E-state index in [4.69, 9.17) is 17.0 Å². The number of fused-ring (bicyclic) bond motifs is 2. The van der Waals surface area contributed by atoms with Crippen LogP contribution in [0.2, 0.25) is 13.1 Å². The third-order valence-corrected chi connectivity index (χ3v) is 6.78. The number of halogens is 6. The van der Waals surface area contributed by atoms with Crippen LogP contribution >= 0.6 is 17.0 Å². The second-order valence-electron chi connectivity index (χ2n) is 9.94. The van der Waals surface area contributed by atoms with Gasteiger partial charge >= 0.3 is 37.9 Å². The molecule has 0 heterocycles. The van der Waals surface area contributed by atoms with Crippen LogP contribution in [0, 0.1) is 23.3 Å². The molecular weight excluding hydrogens is 699 g/mol. The van der Waals surface area contributed by atoms with E-state index in [0.717, 1.165) is 67.2 Å². The number of benzene rings is 4. The molecule has 226 valence electrons. The Morgan fingerprint density at radius 1 is 0.591 bits per heavy atom. The van der Waals surface area contributed by atoms with Gasteiger partial charge in [0.25, 0.3) is 0 Å². The molecule has 0 saturated heterocycles. The van der Waals surface area contributed by atoms with Crippen molar-refractivity contribution >= 4 is 48.1 Å². The minimum atomic E-state index is -0.826. The zero-order valence-corrected chi connectivity index (χ0v) is 29.9. The summed E-state index contributed by atoms with van der Waals surface area (Å²) in [5.41, 5.74) is 5.37. The Morgan fingerprint density at radius 2 is 0.909 bits per heavy atom. The van der Waals surface area contributed by atoms with Crippen LogP contribution in [-0.4, -0.2) is 9.52 Å². The molecule has 44 heavy (non-hydrogen) atoms. The maximum absolute atomic E-state index is 13.3. The van der Waals surface area contributed by atoms with Crippen molar-refractivity contribution in [1.29, 1.82) is 0 Å². The van der Waals surface area contributed by atoms with Crippen LogP contribution in [-0.2, 0) is 33.7 Å². The van der Waals surface area contributed by atoms with Crippen LogP contribution in [0.1, 0.15) is 25.0 Å². The zero-order valence-electron chi connectivity index (χ0n) is 24.9. The molecule has 0 aliphatic carbocycles. The molecule has 0 saturated carbocycles. The Hall–Kier alpha value is -2.50. The molecule has 0 amide bonds. The third-order valence-electron chi connectivity index (χ3n) is 6.78. The fourth-order valence-electron chi connectivity index (χ4n) is 4.92. The molecule has 0 bridgehead atoms. The predicted octanol–water partition coefficient (Wildman–Crippen LogP) is 12.3. The van der Waals surface area contributed by atoms with Crippen LogP contribution < -0.4 is 0 Å². The SMILES string of the molecule is CCc1cc2c(-c3cc(F)cc(F)c3)cccc2[cH-]1.CCc1cc2c(-c3cc(F)cc(F)c3)cccc2[cH-]1.C[Si]C.[Cl][Zr+2][Cl]. The first-order chi connectivity index (χ1) is 21.2. The normalized spacial score (nSPS) is 10.2. The van der Waals surface area contributed by atoms with Gasteiger partial charge in [-0.2, -0.15) is 12.1 Å². The van der Waals surface area contributed by atoms with Gasteiger partial charge in [0.05, 0.1) is 0 Å². The van der Waals surface area contributed by atoms with E-state index in [0.29, 0.717) is 11.1 Å². The van der Waals surface area contributed by atoms with Crippen molar-refractivity contribution in [2.24, 2.45) is 0 Å². The molecule has 0 atom stereocenters. The summed E-state index contributed by atoms with van der Waals surface area (Å²) in [7, 11) is 11.0. The van der Waals surface area contributed by atoms with E-state index in [9.17, 15) is 17.6 Å². The van der Waals surface area contributed by atoms with Gasteiger partial charge in [-0.3, -0.25) is 0 Å². The zero-order chi connectivity index (χ0) is 32.2. The summed E-state index contributed by atoms with van der Waals surface area (Å²) in [6.07, 6.45) is 1.90. The molecule has 0 N–H and O–H groups in total. The first-order valence-electron chi connectivity index (χ1n) is 14.0. The molecule has 0 fully saturated rings. The fraction of sp³-hybridized carbons (Fsp3) is 0.167. The van der Waals surface area contributed by atoms with Gasteiger partial charge in [0.15, 0.2) is 0 Å². The summed E-state index contributed by atoms with van der Waals surface area (Å²) in [5.74, 6) is -2.19. The molecule has 6 aromatic carbocycles. The van der Waals surface area contributed by atoms with Gasteiger partial charge in [-0.15, -0.1) is 69.1 Å². The molecule has 0 spiro atoms. The third kappa shape index (κ3) is 9.75. The summed E-state index contributed by atoms with van der Waals surface area (Å²) < 4.78 is 53.4. The maximum atomic E-state index is 13.3. The molecule has 0 aromatic heterocycles. The molecular formula is C36H32Cl2F4SiZr. The van der Waals surface area contributed by atoms with Crippen molar-refractivity contribution in [3.05, 3.63) is 131 Å². The predicted molar refractivity (Wildman–Crippen MR) is 178 cm³/mol. The van der Waals surface area contributed by atoms with Crippen molar-refractivity contribution in [3.63, 3.8) is 0 Å². The molecule has 0 aliphatic heterocycles. The van der Waals surface area contributed by atoms with Crippen LogP contribution in [0.3, 0.4) is 0 Å². The first-order valence-corrected chi connectivity index (χ1v) is 22.3. The Kier molecular flexibility index (Phi) is 14.6. The first kappa shape index (κ1) is 36.0. The second-order valence-corrected chi connectivity index (χ2v) is 14.7. The van der Waals surface area contributed by atoms with Gasteiger partial charge < -0.3 is 0 Å². The summed E-state index contributed by atoms with van der Waals surface area (Å²) in [6, 6.07) is 27.4. The standard InChI is InChI=1S/2C17H13F2.C2H6Si.2ClH.Zr/c2*1-2-11-6-12-4-3-5-16(17(12)7-11)13-8-14(18)10-15(19)9-13;1-3-2;;;/h2*3-10H,2H2,1H3;1-2H3;2*1H;/q2*-1;;;;+4/p-2. The quantitative estimate of drug-likeness (QED) is 0.0962. The van der Waals surface area contributed by atoms with Crippen LogP contribution in [0.25, 0.3) is 43.8 Å². The van der Waals surface area contributed by atoms with Crippen LogP contribution in [0.5, 0.6) is 0 Å². The molecule has 0 unspecified atom stereocenters. The van der Waals surface area contributed by atoms with Crippen LogP contribution in [0.15, 0.2) is 97.1 Å². The Morgan fingerprint density at radius 3 is 1.20 bits per heavy atom. The number of aryl methyl sites for hydroxylation is 2. The van der Waals surface area contributed by atoms with E-state index < -0.39 is 44.1 Å². The monoisotopic (exact) mass is 728 g/mol. The van der Waals surface area contributed by atoms with E-state index in [2.05, 4.69) is 51.2 Å². The summed E-state index contributed by atoms with van der Waals surface area (Å²) in [4.78, 5) is 0. The van der Waals surface area contributed by atoms with Crippen molar-refractivity contribution in [1.82, 2.24) is 0 Å². The summed E-state index contributed by atoms with van der Waals surface area (Å²) in [6.45, 7) is 8.49. The van der Waals surface area contributed by atoms with Gasteiger partial charge in [-0.05, 0) is 48.2 Å². The van der Waals surface area contributed by atoms with Crippen molar-refractivity contribution in [2.45, 2.75) is 39.8 Å². The summed E-state index contributed by atoms with van der Waals surface area (Å²) in [5, 5.41) is 4.31. The molecule has 0 aliphatic rings. The molecule has 8 heteroatoms. The molecule has 6 aromatic rings. The van der Waals surface area contributed by atoms with E-state index in [-0.39, 0.29) is 0 Å². The Labute approximate surface area is 278 Å². The Bertz CT molecular complexity index is 1620. The van der Waals surface area contributed by atoms with E-state index in [1.54, 1.807) is 0 Å². The van der Waals surface area contributed by atoms with E-state index >= 15 is 0 Å². The van der Waals surface area contributed by atoms with E-state index in [1.165, 1.54) is 35.4 Å². The number of rotatable bonds is 4. The van der Waals surface area contributed by atoms with Crippen molar-refractivity contribution in [2.75, 3.05) is 0 Å². The number of hydrogen-bond donors (Lipinski definition) is 0. The van der Waals surface area contributed by atoms with E-state index in [1.807, 2.05) is 36.4 Å². The second kappa shape index (κ2) is 17.8. The van der Waals surface area contributed by atoms with Gasteiger partial charge in [0, 0.05) is 21.7 Å². The molecule has 2 radical (unpaired) electrons. The van der Waals surface area contributed by atoms with Gasteiger partial charge in [-0.25, -0.2) is 17.6 Å². The summed E-state index contributed by atoms with van der Waals surface area (Å²) >= 11 is -0.826. The minimum absolute atomic E-state index is 0.547. The van der Waals surface area contributed by atoms with Gasteiger partial charge in [0.2, 0.25) is 0 Å². The number of hydrogen-bond acceptors (Lipinski definition) is 0. The molecule has 0 nitrogen and oxygen atoms in total. The average Bonchev–Trinajstić information content (AvgIpc) is 3.61. The van der Waals surface area contributed by atoms with Crippen molar-refractivity contribution < 1.29 is 38.4 Å². The van der Waals surface area contributed by atoms with Crippen molar-refractivity contribution in [3.8, 4) is 22.3 Å². The van der Waals surface area contributed by atoms with Crippen LogP contribution in [0.4, 0.5) is 17.6 Å². The topological polar surface area (TPSA) is 0 Å².